The van der Waals surface area contributed by atoms with Crippen LogP contribution in [0, 0.1) is 6.92 Å². The van der Waals surface area contributed by atoms with E-state index in [1.807, 2.05) is 31.0 Å². The molecule has 2 rings (SSSR count). The Bertz CT molecular complexity index is 396. The van der Waals surface area contributed by atoms with Gasteiger partial charge in [0, 0.05) is 25.0 Å². The van der Waals surface area contributed by atoms with Gasteiger partial charge in [-0.15, -0.1) is 11.3 Å². The van der Waals surface area contributed by atoms with Gasteiger partial charge in [-0.2, -0.15) is 0 Å². The standard InChI is InChI=1S/C14H22N2OS/c1-12-6-7-13(18-12)14(17)15(2)10-11-16-8-4-3-5-9-16/h6-7H,3-5,8-11H2,1-2H3. The van der Waals surface area contributed by atoms with E-state index in [2.05, 4.69) is 4.90 Å². The minimum atomic E-state index is 0.158. The molecule has 100 valence electrons. The second-order valence-corrected chi connectivity index (χ2v) is 6.33. The number of likely N-dealkylation sites (N-methyl/N-ethyl adjacent to an activating group) is 1. The number of hydrogen-bond acceptors (Lipinski definition) is 3. The summed E-state index contributed by atoms with van der Waals surface area (Å²) in [6.45, 7) is 6.26. The largest absolute Gasteiger partial charge is 0.340 e. The lowest BCUT2D eigenvalue weighted by Crippen LogP contribution is -2.38. The van der Waals surface area contributed by atoms with E-state index in [0.717, 1.165) is 18.0 Å². The molecule has 1 fully saturated rings. The Balaban J connectivity index is 1.80. The number of hydrogen-bond donors (Lipinski definition) is 0. The molecule has 1 aromatic heterocycles. The van der Waals surface area contributed by atoms with Gasteiger partial charge in [-0.25, -0.2) is 0 Å². The van der Waals surface area contributed by atoms with Gasteiger partial charge in [0.2, 0.25) is 0 Å². The summed E-state index contributed by atoms with van der Waals surface area (Å²) in [4.78, 5) is 18.5. The zero-order chi connectivity index (χ0) is 13.0. The summed E-state index contributed by atoms with van der Waals surface area (Å²) in [5.41, 5.74) is 0. The van der Waals surface area contributed by atoms with Crippen molar-refractivity contribution in [1.82, 2.24) is 9.80 Å². The molecule has 2 heterocycles. The van der Waals surface area contributed by atoms with Crippen LogP contribution in [0.15, 0.2) is 12.1 Å². The van der Waals surface area contributed by atoms with Crippen molar-refractivity contribution in [2.45, 2.75) is 26.2 Å². The number of carbonyl (C=O) groups is 1. The summed E-state index contributed by atoms with van der Waals surface area (Å²) in [6.07, 6.45) is 3.98. The second-order valence-electron chi connectivity index (χ2n) is 5.04. The number of likely N-dealkylation sites (tertiary alicyclic amines) is 1. The highest BCUT2D eigenvalue weighted by molar-refractivity contribution is 7.13. The van der Waals surface area contributed by atoms with E-state index in [9.17, 15) is 4.79 Å². The molecule has 0 N–H and O–H groups in total. The van der Waals surface area contributed by atoms with Crippen molar-refractivity contribution in [1.29, 1.82) is 0 Å². The van der Waals surface area contributed by atoms with E-state index in [1.165, 1.54) is 37.2 Å². The Labute approximate surface area is 113 Å². The van der Waals surface area contributed by atoms with Gasteiger partial charge in [-0.1, -0.05) is 6.42 Å². The summed E-state index contributed by atoms with van der Waals surface area (Å²) < 4.78 is 0. The van der Waals surface area contributed by atoms with Gasteiger partial charge in [-0.3, -0.25) is 4.79 Å². The number of carbonyl (C=O) groups excluding carboxylic acids is 1. The maximum atomic E-state index is 12.1. The maximum absolute atomic E-state index is 12.1. The van der Waals surface area contributed by atoms with Crippen molar-refractivity contribution in [2.75, 3.05) is 33.2 Å². The summed E-state index contributed by atoms with van der Waals surface area (Å²) >= 11 is 1.58. The molecule has 1 aromatic rings. The van der Waals surface area contributed by atoms with Crippen LogP contribution in [0.2, 0.25) is 0 Å². The summed E-state index contributed by atoms with van der Waals surface area (Å²) in [5.74, 6) is 0.158. The molecule has 0 aliphatic carbocycles. The molecule has 0 aromatic carbocycles. The highest BCUT2D eigenvalue weighted by Crippen LogP contribution is 2.16. The van der Waals surface area contributed by atoms with Crippen molar-refractivity contribution < 1.29 is 4.79 Å². The van der Waals surface area contributed by atoms with E-state index in [0.29, 0.717) is 0 Å². The molecule has 1 aliphatic heterocycles. The molecular weight excluding hydrogens is 244 g/mol. The smallest absolute Gasteiger partial charge is 0.263 e. The Hall–Kier alpha value is -0.870. The molecule has 0 atom stereocenters. The van der Waals surface area contributed by atoms with E-state index in [-0.39, 0.29) is 5.91 Å². The van der Waals surface area contributed by atoms with E-state index in [4.69, 9.17) is 0 Å². The molecule has 0 radical (unpaired) electrons. The molecular formula is C14H22N2OS. The van der Waals surface area contributed by atoms with Crippen LogP contribution < -0.4 is 0 Å². The van der Waals surface area contributed by atoms with Crippen LogP contribution in [0.4, 0.5) is 0 Å². The van der Waals surface area contributed by atoms with Gasteiger partial charge in [0.25, 0.3) is 5.91 Å². The fourth-order valence-corrected chi connectivity index (χ4v) is 3.18. The number of amides is 1. The zero-order valence-corrected chi connectivity index (χ0v) is 12.1. The minimum Gasteiger partial charge on any atom is -0.340 e. The first-order valence-corrected chi connectivity index (χ1v) is 7.53. The minimum absolute atomic E-state index is 0.158. The fraction of sp³-hybridized carbons (Fsp3) is 0.643. The van der Waals surface area contributed by atoms with Gasteiger partial charge in [0.15, 0.2) is 0 Å². The molecule has 0 unspecified atom stereocenters. The van der Waals surface area contributed by atoms with Crippen LogP contribution in [0.5, 0.6) is 0 Å². The monoisotopic (exact) mass is 266 g/mol. The van der Waals surface area contributed by atoms with E-state index >= 15 is 0 Å². The fourth-order valence-electron chi connectivity index (χ4n) is 2.31. The molecule has 0 saturated carbocycles. The first-order valence-electron chi connectivity index (χ1n) is 6.71. The second kappa shape index (κ2) is 6.34. The number of aryl methyl sites for hydroxylation is 1. The molecule has 0 bridgehead atoms. The normalized spacial score (nSPS) is 16.8. The average Bonchev–Trinajstić information content (AvgIpc) is 2.83. The van der Waals surface area contributed by atoms with Crippen molar-refractivity contribution in [3.8, 4) is 0 Å². The lowest BCUT2D eigenvalue weighted by Gasteiger charge is -2.28. The third-order valence-electron chi connectivity index (χ3n) is 3.50. The maximum Gasteiger partial charge on any atom is 0.263 e. The van der Waals surface area contributed by atoms with Crippen LogP contribution in [-0.4, -0.2) is 48.9 Å². The van der Waals surface area contributed by atoms with Gasteiger partial charge >= 0.3 is 0 Å². The van der Waals surface area contributed by atoms with Crippen molar-refractivity contribution in [3.05, 3.63) is 21.9 Å². The molecule has 4 heteroatoms. The molecule has 1 saturated heterocycles. The van der Waals surface area contributed by atoms with Crippen molar-refractivity contribution >= 4 is 17.2 Å². The van der Waals surface area contributed by atoms with Gasteiger partial charge in [-0.05, 0) is 45.0 Å². The SMILES string of the molecule is Cc1ccc(C(=O)N(C)CCN2CCCCC2)s1. The van der Waals surface area contributed by atoms with Gasteiger partial charge in [0.05, 0.1) is 4.88 Å². The predicted molar refractivity (Wildman–Crippen MR) is 76.3 cm³/mol. The number of nitrogens with zero attached hydrogens (tertiary/aromatic N) is 2. The highest BCUT2D eigenvalue weighted by atomic mass is 32.1. The quantitative estimate of drug-likeness (QED) is 0.836. The first kappa shape index (κ1) is 13.6. The average molecular weight is 266 g/mol. The Kier molecular flexibility index (Phi) is 4.78. The molecule has 1 aliphatic rings. The molecule has 18 heavy (non-hydrogen) atoms. The number of piperidine rings is 1. The number of rotatable bonds is 4. The predicted octanol–water partition coefficient (Wildman–Crippen LogP) is 2.61. The topological polar surface area (TPSA) is 23.6 Å². The van der Waals surface area contributed by atoms with Crippen LogP contribution in [0.3, 0.4) is 0 Å². The lowest BCUT2D eigenvalue weighted by molar-refractivity contribution is 0.0777. The highest BCUT2D eigenvalue weighted by Gasteiger charge is 2.15. The van der Waals surface area contributed by atoms with Crippen LogP contribution >= 0.6 is 11.3 Å². The van der Waals surface area contributed by atoms with Crippen molar-refractivity contribution in [3.63, 3.8) is 0 Å². The van der Waals surface area contributed by atoms with E-state index in [1.54, 1.807) is 11.3 Å². The summed E-state index contributed by atoms with van der Waals surface area (Å²) in [5, 5.41) is 0. The van der Waals surface area contributed by atoms with Gasteiger partial charge in [0.1, 0.15) is 0 Å². The third kappa shape index (κ3) is 3.56. The van der Waals surface area contributed by atoms with Crippen LogP contribution in [-0.2, 0) is 0 Å². The number of thiophene rings is 1. The van der Waals surface area contributed by atoms with E-state index < -0.39 is 0 Å². The lowest BCUT2D eigenvalue weighted by atomic mass is 10.1. The molecule has 3 nitrogen and oxygen atoms in total. The summed E-state index contributed by atoms with van der Waals surface area (Å²) in [6, 6.07) is 3.94. The summed E-state index contributed by atoms with van der Waals surface area (Å²) in [7, 11) is 1.90. The van der Waals surface area contributed by atoms with Crippen LogP contribution in [0.25, 0.3) is 0 Å². The third-order valence-corrected chi connectivity index (χ3v) is 4.49. The Morgan fingerprint density at radius 2 is 2.06 bits per heavy atom. The zero-order valence-electron chi connectivity index (χ0n) is 11.3. The Morgan fingerprint density at radius 3 is 2.67 bits per heavy atom. The van der Waals surface area contributed by atoms with Crippen molar-refractivity contribution in [2.24, 2.45) is 0 Å². The Morgan fingerprint density at radius 1 is 1.33 bits per heavy atom. The van der Waals surface area contributed by atoms with Gasteiger partial charge < -0.3 is 9.80 Å². The molecule has 0 spiro atoms. The van der Waals surface area contributed by atoms with Crippen LogP contribution in [0.1, 0.15) is 33.8 Å². The first-order chi connectivity index (χ1) is 8.66. The molecule has 1 amide bonds.